The van der Waals surface area contributed by atoms with Gasteiger partial charge in [-0.2, -0.15) is 0 Å². The van der Waals surface area contributed by atoms with Crippen LogP contribution in [-0.4, -0.2) is 124 Å². The molecule has 16 nitrogen and oxygen atoms in total. The largest absolute Gasteiger partial charge is 0.508 e. The smallest absolute Gasteiger partial charge is 0.324 e. The minimum absolute atomic E-state index is 0.0136. The highest BCUT2D eigenvalue weighted by molar-refractivity contribution is 5.96. The fourth-order valence-electron chi connectivity index (χ4n) is 10.4. The highest BCUT2D eigenvalue weighted by Gasteiger charge is 2.45. The summed E-state index contributed by atoms with van der Waals surface area (Å²) in [6, 6.07) is 17.2. The highest BCUT2D eigenvalue weighted by Crippen LogP contribution is 2.41. The highest BCUT2D eigenvalue weighted by atomic mass is 16.5. The average molecular weight is 969 g/mol. The van der Waals surface area contributed by atoms with Crippen LogP contribution in [0.25, 0.3) is 33.3 Å². The van der Waals surface area contributed by atoms with E-state index in [1.165, 1.54) is 27.4 Å². The molecule has 2 fully saturated rings. The molecule has 3 aromatic carbocycles. The first-order chi connectivity index (χ1) is 33.9. The molecule has 0 radical (unpaired) electrons. The molecule has 5 heterocycles. The van der Waals surface area contributed by atoms with Crippen LogP contribution < -0.4 is 20.8 Å². The molecule has 0 aliphatic carbocycles. The third kappa shape index (κ3) is 10.8. The Morgan fingerprint density at radius 3 is 2.48 bits per heavy atom. The second kappa shape index (κ2) is 20.9. The van der Waals surface area contributed by atoms with E-state index in [2.05, 4.69) is 71.5 Å². The van der Waals surface area contributed by atoms with Gasteiger partial charge in [0.2, 0.25) is 17.7 Å². The molecular formula is C55H68N8O8. The standard InChI is InChI=1S/C55H68N8O8/c1-10-34-20-21-56-29-42(34)50-41-28-55(5,6)31-71-54(69)43-13-12-22-63(59-43)52(67)44(25-33-23-37(26-38(64)24-33)36-16-19-45(40(41)27-36)62(50)11-2)57-51(66)49(32(3)4)61(8)46(65)30-60(7)53(68)48-47(58-48)35-14-17-39(70-9)18-15-35/h14-21,23-24,26-27,29,32,43-44,47-49,58-59,64H,10-13,22,25,28,30-31H2,1-9H3,(H,57,66)/t43-,44-,47-,48+,49-/m0/s1. The number of aromatic nitrogens is 2. The van der Waals surface area contributed by atoms with Crippen molar-refractivity contribution in [3.63, 3.8) is 0 Å². The molecule has 0 saturated carbocycles. The van der Waals surface area contributed by atoms with Crippen LogP contribution in [0.1, 0.15) is 82.7 Å². The number of hydrazine groups is 1. The number of carbonyl (C=O) groups is 5. The van der Waals surface area contributed by atoms with Crippen LogP contribution in [0.15, 0.2) is 79.1 Å². The van der Waals surface area contributed by atoms with E-state index in [1.54, 1.807) is 26.3 Å². The first-order valence-corrected chi connectivity index (χ1v) is 24.8. The number of phenolic OH excluding ortho intramolecular Hbond substituents is 1. The Morgan fingerprint density at radius 2 is 1.77 bits per heavy atom. The van der Waals surface area contributed by atoms with Crippen LogP contribution in [0.5, 0.6) is 11.5 Å². The molecule has 5 aromatic rings. The van der Waals surface area contributed by atoms with Gasteiger partial charge < -0.3 is 34.3 Å². The van der Waals surface area contributed by atoms with Crippen LogP contribution in [0, 0.1) is 11.3 Å². The van der Waals surface area contributed by atoms with E-state index < -0.39 is 59.2 Å². The Balaban J connectivity index is 1.11. The number of hydrogen-bond acceptors (Lipinski definition) is 11. The lowest BCUT2D eigenvalue weighted by Crippen LogP contribution is -2.62. The Hall–Kier alpha value is -6.78. The van der Waals surface area contributed by atoms with E-state index >= 15 is 0 Å². The topological polar surface area (TPSA) is 198 Å². The van der Waals surface area contributed by atoms with Crippen molar-refractivity contribution in [2.45, 2.75) is 110 Å². The van der Waals surface area contributed by atoms with Gasteiger partial charge in [0.05, 0.1) is 32.0 Å². The minimum atomic E-state index is -1.19. The number of ether oxygens (including phenoxy) is 2. The van der Waals surface area contributed by atoms with Gasteiger partial charge in [-0.1, -0.05) is 58.9 Å². The molecule has 3 aliphatic rings. The predicted molar refractivity (Wildman–Crippen MR) is 271 cm³/mol. The number of carbonyl (C=O) groups excluding carboxylic acids is 5. The molecule has 16 heteroatoms. The third-order valence-electron chi connectivity index (χ3n) is 14.2. The monoisotopic (exact) mass is 969 g/mol. The summed E-state index contributed by atoms with van der Waals surface area (Å²) < 4.78 is 13.7. The third-order valence-corrected chi connectivity index (χ3v) is 14.2. The zero-order valence-corrected chi connectivity index (χ0v) is 42.4. The van der Waals surface area contributed by atoms with Crippen molar-refractivity contribution in [1.29, 1.82) is 0 Å². The number of aryl methyl sites for hydroxylation is 2. The summed E-state index contributed by atoms with van der Waals surface area (Å²) in [5.41, 5.74) is 11.1. The van der Waals surface area contributed by atoms with Gasteiger partial charge in [0.25, 0.3) is 5.91 Å². The van der Waals surface area contributed by atoms with E-state index in [4.69, 9.17) is 9.47 Å². The maximum Gasteiger partial charge on any atom is 0.324 e. The van der Waals surface area contributed by atoms with Gasteiger partial charge in [-0.25, -0.2) is 5.43 Å². The number of hydrogen-bond donors (Lipinski definition) is 4. The summed E-state index contributed by atoms with van der Waals surface area (Å²) in [6.07, 6.45) is 6.05. The number of methoxy groups -OCH3 is 1. The number of amides is 4. The molecule has 4 N–H and O–H groups in total. The van der Waals surface area contributed by atoms with Crippen LogP contribution in [0.3, 0.4) is 0 Å². The predicted octanol–water partition coefficient (Wildman–Crippen LogP) is 5.97. The van der Waals surface area contributed by atoms with Gasteiger partial charge in [-0.3, -0.25) is 39.3 Å². The van der Waals surface area contributed by atoms with Gasteiger partial charge in [-0.05, 0) is 114 Å². The first kappa shape index (κ1) is 50.6. The zero-order valence-electron chi connectivity index (χ0n) is 42.4. The van der Waals surface area contributed by atoms with E-state index in [0.717, 1.165) is 50.8 Å². The molecule has 0 spiro atoms. The number of likely N-dealkylation sites (N-methyl/N-ethyl adjacent to an activating group) is 2. The van der Waals surface area contributed by atoms with Gasteiger partial charge in [0, 0.05) is 67.9 Å². The number of nitrogens with zero attached hydrogens (tertiary/aromatic N) is 5. The molecule has 71 heavy (non-hydrogen) atoms. The van der Waals surface area contributed by atoms with Crippen LogP contribution in [-0.2, 0) is 54.5 Å². The van der Waals surface area contributed by atoms with Crippen LogP contribution >= 0.6 is 0 Å². The summed E-state index contributed by atoms with van der Waals surface area (Å²) in [4.78, 5) is 78.0. The van der Waals surface area contributed by atoms with Crippen molar-refractivity contribution < 1.29 is 38.6 Å². The van der Waals surface area contributed by atoms with E-state index in [1.807, 2.05) is 62.6 Å². The zero-order chi connectivity index (χ0) is 50.9. The minimum Gasteiger partial charge on any atom is -0.508 e. The lowest BCUT2D eigenvalue weighted by molar-refractivity contribution is -0.155. The van der Waals surface area contributed by atoms with Crippen molar-refractivity contribution in [2.24, 2.45) is 11.3 Å². The molecule has 3 aliphatic heterocycles. The van der Waals surface area contributed by atoms with Crippen LogP contribution in [0.4, 0.5) is 0 Å². The number of esters is 1. The Kier molecular flexibility index (Phi) is 14.9. The maximum absolute atomic E-state index is 14.8. The average Bonchev–Trinajstić information content (AvgIpc) is 4.10. The van der Waals surface area contributed by atoms with Crippen LogP contribution in [0.2, 0.25) is 0 Å². The summed E-state index contributed by atoms with van der Waals surface area (Å²) in [5, 5.41) is 19.9. The molecule has 2 aromatic heterocycles. The number of nitrogens with one attached hydrogen (secondary N) is 3. The second-order valence-corrected chi connectivity index (χ2v) is 20.4. The van der Waals surface area contributed by atoms with Gasteiger partial charge in [-0.15, -0.1) is 0 Å². The van der Waals surface area contributed by atoms with Gasteiger partial charge in [0.15, 0.2) is 0 Å². The summed E-state index contributed by atoms with van der Waals surface area (Å²) in [7, 11) is 4.67. The number of benzene rings is 3. The number of cyclic esters (lactones) is 1. The number of phenols is 1. The molecule has 0 unspecified atom stereocenters. The summed E-state index contributed by atoms with van der Waals surface area (Å²) >= 11 is 0. The first-order valence-electron chi connectivity index (χ1n) is 24.8. The van der Waals surface area contributed by atoms with Gasteiger partial charge in [0.1, 0.15) is 35.7 Å². The van der Waals surface area contributed by atoms with Crippen molar-refractivity contribution in [2.75, 3.05) is 40.9 Å². The molecule has 4 amide bonds. The summed E-state index contributed by atoms with van der Waals surface area (Å²) in [6.45, 7) is 12.9. The molecule has 8 rings (SSSR count). The van der Waals surface area contributed by atoms with Gasteiger partial charge >= 0.3 is 5.97 Å². The summed E-state index contributed by atoms with van der Waals surface area (Å²) in [5.74, 6) is -1.97. The lowest BCUT2D eigenvalue weighted by atomic mass is 9.84. The van der Waals surface area contributed by atoms with E-state index in [9.17, 15) is 29.1 Å². The quantitative estimate of drug-likeness (QED) is 0.0850. The molecule has 2 saturated heterocycles. The number of pyridine rings is 1. The lowest BCUT2D eigenvalue weighted by Gasteiger charge is -2.37. The number of rotatable bonds is 12. The Labute approximate surface area is 416 Å². The van der Waals surface area contributed by atoms with Crippen molar-refractivity contribution >= 4 is 40.5 Å². The molecule has 6 bridgehead atoms. The second-order valence-electron chi connectivity index (χ2n) is 20.4. The fraction of sp³-hybridized carbons (Fsp3) is 0.455. The SMILES string of the molecule is CCc1ccncc1-c1c2c3cc(ccc3n1CC)-c1cc(O)cc(c1)C[C@H](NC(=O)[C@H](C(C)C)N(C)C(=O)CN(C)C(=O)[C@@H]1N[C@H]1c1ccc(OC)cc1)C(=O)N1CCC[C@H](N1)C(=O)OCC(C)(C)C2. The Bertz CT molecular complexity index is 2820. The Morgan fingerprint density at radius 1 is 1.01 bits per heavy atom. The normalized spacial score (nSPS) is 20.5. The van der Waals surface area contributed by atoms with Crippen molar-refractivity contribution in [3.05, 3.63) is 101 Å². The van der Waals surface area contributed by atoms with E-state index in [0.29, 0.717) is 37.1 Å². The van der Waals surface area contributed by atoms with Crippen molar-refractivity contribution in [3.8, 4) is 33.9 Å². The van der Waals surface area contributed by atoms with Crippen molar-refractivity contribution in [1.82, 2.24) is 40.4 Å². The molecular weight excluding hydrogens is 901 g/mol. The molecule has 376 valence electrons. The fourth-order valence-corrected chi connectivity index (χ4v) is 10.4. The molecule has 5 atom stereocenters. The number of fused-ring (bicyclic) bond motifs is 6. The van der Waals surface area contributed by atoms with E-state index in [-0.39, 0.29) is 43.8 Å². The number of aromatic hydroxyl groups is 1. The maximum atomic E-state index is 14.8.